The highest BCUT2D eigenvalue weighted by atomic mass is 32.2. The summed E-state index contributed by atoms with van der Waals surface area (Å²) in [5.74, 6) is 0.969. The van der Waals surface area contributed by atoms with Crippen LogP contribution in [0.4, 0.5) is 5.69 Å². The maximum Gasteiger partial charge on any atom is 0.261 e. The molecule has 0 aromatic heterocycles. The summed E-state index contributed by atoms with van der Waals surface area (Å²) in [7, 11) is -0.442. The molecule has 1 amide bonds. The maximum atomic E-state index is 12.7. The summed E-state index contributed by atoms with van der Waals surface area (Å²) in [6.45, 7) is 4.03. The third kappa shape index (κ3) is 6.49. The molecule has 3 aromatic rings. The Morgan fingerprint density at radius 3 is 2.21 bits per heavy atom. The van der Waals surface area contributed by atoms with Crippen LogP contribution in [0.3, 0.4) is 0 Å². The maximum absolute atomic E-state index is 12.7. The van der Waals surface area contributed by atoms with Crippen molar-refractivity contribution in [1.29, 1.82) is 0 Å². The van der Waals surface area contributed by atoms with E-state index in [2.05, 4.69) is 4.72 Å². The van der Waals surface area contributed by atoms with Gasteiger partial charge in [0.15, 0.2) is 6.61 Å². The molecule has 0 heterocycles. The van der Waals surface area contributed by atoms with Gasteiger partial charge in [-0.15, -0.1) is 0 Å². The van der Waals surface area contributed by atoms with E-state index in [1.165, 1.54) is 24.3 Å². The number of sulfonamides is 1. The molecule has 0 bridgehead atoms. The van der Waals surface area contributed by atoms with Gasteiger partial charge < -0.3 is 14.4 Å². The molecule has 0 unspecified atom stereocenters. The van der Waals surface area contributed by atoms with Gasteiger partial charge in [-0.3, -0.25) is 9.52 Å². The molecule has 0 aliphatic heterocycles. The van der Waals surface area contributed by atoms with E-state index in [0.717, 1.165) is 22.4 Å². The highest BCUT2D eigenvalue weighted by molar-refractivity contribution is 7.92. The Labute approximate surface area is 195 Å². The first-order valence-corrected chi connectivity index (χ1v) is 11.9. The summed E-state index contributed by atoms with van der Waals surface area (Å²) in [5.41, 5.74) is 3.31. The summed E-state index contributed by atoms with van der Waals surface area (Å²) in [5, 5.41) is 0. The van der Waals surface area contributed by atoms with Gasteiger partial charge >= 0.3 is 0 Å². The van der Waals surface area contributed by atoms with Crippen molar-refractivity contribution in [1.82, 2.24) is 4.90 Å². The molecular weight excluding hydrogens is 440 g/mol. The third-order valence-electron chi connectivity index (χ3n) is 5.14. The molecule has 0 radical (unpaired) electrons. The smallest absolute Gasteiger partial charge is 0.261 e. The lowest BCUT2D eigenvalue weighted by molar-refractivity contribution is -0.132. The largest absolute Gasteiger partial charge is 0.497 e. The minimum absolute atomic E-state index is 0.110. The Morgan fingerprint density at radius 1 is 0.939 bits per heavy atom. The number of benzene rings is 3. The number of anilines is 1. The second kappa shape index (κ2) is 10.4. The molecule has 0 aliphatic carbocycles. The van der Waals surface area contributed by atoms with E-state index in [4.69, 9.17) is 9.47 Å². The minimum Gasteiger partial charge on any atom is -0.497 e. The van der Waals surface area contributed by atoms with Crippen LogP contribution in [-0.4, -0.2) is 40.0 Å². The fraction of sp³-hybridized carbons (Fsp3) is 0.240. The Morgan fingerprint density at radius 2 is 1.58 bits per heavy atom. The average molecular weight is 469 g/mol. The van der Waals surface area contributed by atoms with Gasteiger partial charge in [-0.05, 0) is 73.0 Å². The van der Waals surface area contributed by atoms with E-state index in [-0.39, 0.29) is 17.4 Å². The second-order valence-electron chi connectivity index (χ2n) is 7.78. The number of ether oxygens (including phenoxy) is 2. The Bertz CT molecular complexity index is 1210. The standard InChI is InChI=1S/C25H28N2O5S/c1-18-5-6-19(2)24(15-18)26-33(29,30)23-13-11-22(12-14-23)32-17-25(28)27(3)16-20-7-9-21(31-4)10-8-20/h5-15,26H,16-17H2,1-4H3. The van der Waals surface area contributed by atoms with Crippen LogP contribution in [-0.2, 0) is 21.4 Å². The van der Waals surface area contributed by atoms with Gasteiger partial charge in [-0.2, -0.15) is 0 Å². The number of methoxy groups -OCH3 is 1. The van der Waals surface area contributed by atoms with Crippen LogP contribution < -0.4 is 14.2 Å². The van der Waals surface area contributed by atoms with E-state index in [0.29, 0.717) is 18.0 Å². The molecule has 33 heavy (non-hydrogen) atoms. The van der Waals surface area contributed by atoms with Crippen molar-refractivity contribution >= 4 is 21.6 Å². The summed E-state index contributed by atoms with van der Waals surface area (Å²) in [4.78, 5) is 14.1. The van der Waals surface area contributed by atoms with E-state index in [9.17, 15) is 13.2 Å². The predicted octanol–water partition coefficient (Wildman–Crippen LogP) is 4.15. The molecular formula is C25H28N2O5S. The Hall–Kier alpha value is -3.52. The molecule has 0 atom stereocenters. The van der Waals surface area contributed by atoms with Crippen molar-refractivity contribution in [3.63, 3.8) is 0 Å². The number of likely N-dealkylation sites (N-methyl/N-ethyl adjacent to an activating group) is 1. The normalized spacial score (nSPS) is 11.0. The summed E-state index contributed by atoms with van der Waals surface area (Å²) in [6, 6.07) is 19.0. The molecule has 1 N–H and O–H groups in total. The lowest BCUT2D eigenvalue weighted by Gasteiger charge is -2.18. The number of hydrogen-bond acceptors (Lipinski definition) is 5. The topological polar surface area (TPSA) is 84.9 Å². The van der Waals surface area contributed by atoms with Gasteiger partial charge in [-0.1, -0.05) is 24.3 Å². The fourth-order valence-corrected chi connectivity index (χ4v) is 4.23. The van der Waals surface area contributed by atoms with Crippen LogP contribution in [0.2, 0.25) is 0 Å². The quantitative estimate of drug-likeness (QED) is 0.510. The molecule has 7 nitrogen and oxygen atoms in total. The van der Waals surface area contributed by atoms with Crippen molar-refractivity contribution in [3.8, 4) is 11.5 Å². The number of carbonyl (C=O) groups excluding carboxylic acids is 1. The van der Waals surface area contributed by atoms with Crippen LogP contribution in [0.25, 0.3) is 0 Å². The number of hydrogen-bond donors (Lipinski definition) is 1. The van der Waals surface area contributed by atoms with Crippen LogP contribution in [0.1, 0.15) is 16.7 Å². The number of nitrogens with zero attached hydrogens (tertiary/aromatic N) is 1. The molecule has 3 rings (SSSR count). The van der Waals surface area contributed by atoms with E-state index in [1.54, 1.807) is 25.1 Å². The number of carbonyl (C=O) groups is 1. The average Bonchev–Trinajstić information content (AvgIpc) is 2.80. The lowest BCUT2D eigenvalue weighted by atomic mass is 10.1. The van der Waals surface area contributed by atoms with Crippen LogP contribution in [0, 0.1) is 13.8 Å². The molecule has 0 saturated carbocycles. The Kier molecular flexibility index (Phi) is 7.60. The molecule has 3 aromatic carbocycles. The van der Waals surface area contributed by atoms with Crippen molar-refractivity contribution < 1.29 is 22.7 Å². The van der Waals surface area contributed by atoms with E-state index < -0.39 is 10.0 Å². The van der Waals surface area contributed by atoms with Gasteiger partial charge in [0.25, 0.3) is 15.9 Å². The monoisotopic (exact) mass is 468 g/mol. The molecule has 174 valence electrons. The summed E-state index contributed by atoms with van der Waals surface area (Å²) < 4.78 is 38.8. The molecule has 0 saturated heterocycles. The highest BCUT2D eigenvalue weighted by Crippen LogP contribution is 2.22. The molecule has 0 fully saturated rings. The SMILES string of the molecule is COc1ccc(CN(C)C(=O)COc2ccc(S(=O)(=O)Nc3cc(C)ccc3C)cc2)cc1. The first-order chi connectivity index (χ1) is 15.7. The van der Waals surface area contributed by atoms with Gasteiger partial charge in [-0.25, -0.2) is 8.42 Å². The van der Waals surface area contributed by atoms with Crippen molar-refractivity contribution in [2.45, 2.75) is 25.3 Å². The number of nitrogens with one attached hydrogen (secondary N) is 1. The molecule has 8 heteroatoms. The van der Waals surface area contributed by atoms with Gasteiger partial charge in [0.1, 0.15) is 11.5 Å². The van der Waals surface area contributed by atoms with Gasteiger partial charge in [0.2, 0.25) is 0 Å². The zero-order chi connectivity index (χ0) is 24.0. The first-order valence-electron chi connectivity index (χ1n) is 10.4. The Balaban J connectivity index is 1.57. The zero-order valence-electron chi connectivity index (χ0n) is 19.2. The fourth-order valence-electron chi connectivity index (χ4n) is 3.11. The number of aryl methyl sites for hydroxylation is 2. The molecule has 0 aliphatic rings. The van der Waals surface area contributed by atoms with Crippen molar-refractivity contribution in [2.75, 3.05) is 25.5 Å². The predicted molar refractivity (Wildman–Crippen MR) is 128 cm³/mol. The van der Waals surface area contributed by atoms with Crippen LogP contribution in [0.5, 0.6) is 11.5 Å². The summed E-state index contributed by atoms with van der Waals surface area (Å²) in [6.07, 6.45) is 0. The van der Waals surface area contributed by atoms with Crippen LogP contribution >= 0.6 is 0 Å². The highest BCUT2D eigenvalue weighted by Gasteiger charge is 2.16. The van der Waals surface area contributed by atoms with Gasteiger partial charge in [0, 0.05) is 13.6 Å². The zero-order valence-corrected chi connectivity index (χ0v) is 20.0. The van der Waals surface area contributed by atoms with Crippen LogP contribution in [0.15, 0.2) is 71.6 Å². The van der Waals surface area contributed by atoms with Gasteiger partial charge in [0.05, 0.1) is 17.7 Å². The first kappa shape index (κ1) is 24.1. The lowest BCUT2D eigenvalue weighted by Crippen LogP contribution is -2.30. The number of amides is 1. The second-order valence-corrected chi connectivity index (χ2v) is 9.46. The van der Waals surface area contributed by atoms with E-state index >= 15 is 0 Å². The van der Waals surface area contributed by atoms with Crippen molar-refractivity contribution in [3.05, 3.63) is 83.4 Å². The summed E-state index contributed by atoms with van der Waals surface area (Å²) >= 11 is 0. The third-order valence-corrected chi connectivity index (χ3v) is 6.52. The number of rotatable bonds is 9. The minimum atomic E-state index is -3.74. The van der Waals surface area contributed by atoms with Crippen molar-refractivity contribution in [2.24, 2.45) is 0 Å². The molecule has 0 spiro atoms. The van der Waals surface area contributed by atoms with E-state index in [1.807, 2.05) is 50.2 Å².